The van der Waals surface area contributed by atoms with Gasteiger partial charge in [0, 0.05) is 0 Å². The molecule has 1 aliphatic heterocycles. The van der Waals surface area contributed by atoms with Gasteiger partial charge in [0.15, 0.2) is 0 Å². The van der Waals surface area contributed by atoms with Gasteiger partial charge in [-0.15, -0.1) is 0 Å². The van der Waals surface area contributed by atoms with E-state index in [9.17, 15) is 4.79 Å². The van der Waals surface area contributed by atoms with Gasteiger partial charge in [-0.25, -0.2) is 0 Å². The summed E-state index contributed by atoms with van der Waals surface area (Å²) in [7, 11) is -1.99. The number of hydrogen-bond donors (Lipinski definition) is 1. The Kier molecular flexibility index (Phi) is 5.61. The van der Waals surface area contributed by atoms with Crippen molar-refractivity contribution < 1.29 is 9.22 Å². The molecule has 1 N–H and O–H groups in total. The minimum Gasteiger partial charge on any atom is -0.402 e. The maximum atomic E-state index is 12.0. The second kappa shape index (κ2) is 6.44. The number of nitrogens with one attached hydrogen (secondary N) is 1. The van der Waals surface area contributed by atoms with Crippen LogP contribution >= 0.6 is 0 Å². The Balaban J connectivity index is 3.04. The summed E-state index contributed by atoms with van der Waals surface area (Å²) in [5, 5.41) is 2.97. The molecule has 0 aromatic rings. The quantitative estimate of drug-likeness (QED) is 0.457. The van der Waals surface area contributed by atoms with Crippen LogP contribution in [0.3, 0.4) is 0 Å². The highest BCUT2D eigenvalue weighted by molar-refractivity contribution is 6.77. The van der Waals surface area contributed by atoms with E-state index in [1.807, 2.05) is 6.92 Å². The van der Waals surface area contributed by atoms with Gasteiger partial charge in [0.1, 0.15) is 6.10 Å². The second-order valence-electron chi connectivity index (χ2n) is 6.88. The molecule has 0 aromatic heterocycles. The van der Waals surface area contributed by atoms with Crippen molar-refractivity contribution in [2.24, 2.45) is 0 Å². The molecule has 116 valence electrons. The fraction of sp³-hybridized carbons (Fsp3) is 0.812. The molecule has 0 spiro atoms. The monoisotopic (exact) mass is 297 g/mol. The molecule has 1 aliphatic rings. The van der Waals surface area contributed by atoms with Gasteiger partial charge in [0.05, 0.1) is 6.04 Å². The summed E-state index contributed by atoms with van der Waals surface area (Å²) in [5.41, 5.74) is 2.70. The van der Waals surface area contributed by atoms with Crippen LogP contribution in [0.4, 0.5) is 0 Å². The molecule has 3 nitrogen and oxygen atoms in total. The van der Waals surface area contributed by atoms with Gasteiger partial charge in [-0.1, -0.05) is 53.2 Å². The zero-order valence-corrected chi connectivity index (χ0v) is 15.3. The van der Waals surface area contributed by atoms with E-state index in [1.54, 1.807) is 0 Å². The third kappa shape index (κ3) is 2.86. The standard InChI is InChI=1S/C16H31NO2Si/c1-9-13(8)14-15(16(18)17-14)19-20(10(2)3,11(4)5)12(6)7/h9-12,14-15H,1-8H3,(H,17,18)/t14-,15+/m0/s1. The lowest BCUT2D eigenvalue weighted by molar-refractivity contribution is -0.139. The lowest BCUT2D eigenvalue weighted by Crippen LogP contribution is -2.68. The van der Waals surface area contributed by atoms with Gasteiger partial charge in [-0.3, -0.25) is 4.79 Å². The van der Waals surface area contributed by atoms with Gasteiger partial charge in [-0.05, 0) is 30.5 Å². The van der Waals surface area contributed by atoms with Gasteiger partial charge in [0.25, 0.3) is 5.91 Å². The Morgan fingerprint density at radius 3 is 1.90 bits per heavy atom. The van der Waals surface area contributed by atoms with Crippen LogP contribution in [0.25, 0.3) is 0 Å². The van der Waals surface area contributed by atoms with Gasteiger partial charge in [0.2, 0.25) is 8.32 Å². The third-order valence-corrected chi connectivity index (χ3v) is 10.9. The molecule has 1 rings (SSSR count). The van der Waals surface area contributed by atoms with Crippen LogP contribution in [0.2, 0.25) is 16.6 Å². The average molecular weight is 298 g/mol. The molecule has 0 unspecified atom stereocenters. The number of amides is 1. The highest BCUT2D eigenvalue weighted by atomic mass is 28.4. The van der Waals surface area contributed by atoms with E-state index in [1.165, 1.54) is 5.57 Å². The van der Waals surface area contributed by atoms with Crippen LogP contribution < -0.4 is 5.32 Å². The fourth-order valence-corrected chi connectivity index (χ4v) is 9.15. The summed E-state index contributed by atoms with van der Waals surface area (Å²) in [6.07, 6.45) is 1.77. The Labute approximate surface area is 125 Å². The summed E-state index contributed by atoms with van der Waals surface area (Å²) < 4.78 is 6.59. The van der Waals surface area contributed by atoms with Crippen LogP contribution in [0.5, 0.6) is 0 Å². The minimum atomic E-state index is -1.99. The van der Waals surface area contributed by atoms with E-state index in [0.717, 1.165) is 0 Å². The van der Waals surface area contributed by atoms with Crippen molar-refractivity contribution in [1.29, 1.82) is 0 Å². The zero-order chi connectivity index (χ0) is 15.7. The lowest BCUT2D eigenvalue weighted by atomic mass is 9.95. The normalized spacial score (nSPS) is 24.4. The van der Waals surface area contributed by atoms with Crippen LogP contribution in [0.1, 0.15) is 55.4 Å². The van der Waals surface area contributed by atoms with E-state index in [2.05, 4.69) is 59.9 Å². The van der Waals surface area contributed by atoms with E-state index in [4.69, 9.17) is 4.43 Å². The average Bonchev–Trinajstić information content (AvgIpc) is 2.34. The second-order valence-corrected chi connectivity index (χ2v) is 12.3. The molecule has 0 radical (unpaired) electrons. The van der Waals surface area contributed by atoms with E-state index < -0.39 is 8.32 Å². The number of allylic oxidation sites excluding steroid dienone is 1. The maximum Gasteiger partial charge on any atom is 0.250 e. The predicted octanol–water partition coefficient (Wildman–Crippen LogP) is 4.01. The van der Waals surface area contributed by atoms with Gasteiger partial charge in [-0.2, -0.15) is 0 Å². The van der Waals surface area contributed by atoms with E-state index >= 15 is 0 Å². The molecule has 2 atom stereocenters. The number of β-lactam (4-membered cyclic amide) rings is 1. The van der Waals surface area contributed by atoms with Crippen molar-refractivity contribution in [2.75, 3.05) is 0 Å². The van der Waals surface area contributed by atoms with E-state index in [0.29, 0.717) is 16.6 Å². The summed E-state index contributed by atoms with van der Waals surface area (Å²) in [6.45, 7) is 17.6. The topological polar surface area (TPSA) is 38.3 Å². The number of carbonyl (C=O) groups is 1. The Morgan fingerprint density at radius 1 is 1.15 bits per heavy atom. The molecule has 0 bridgehead atoms. The van der Waals surface area contributed by atoms with E-state index in [-0.39, 0.29) is 18.1 Å². The smallest absolute Gasteiger partial charge is 0.250 e. The molecule has 0 aliphatic carbocycles. The van der Waals surface area contributed by atoms with Gasteiger partial charge >= 0.3 is 0 Å². The highest BCUT2D eigenvalue weighted by Gasteiger charge is 2.52. The first kappa shape index (κ1) is 17.4. The number of hydrogen-bond acceptors (Lipinski definition) is 2. The van der Waals surface area contributed by atoms with Crippen LogP contribution in [-0.4, -0.2) is 26.4 Å². The van der Waals surface area contributed by atoms with Crippen molar-refractivity contribution in [2.45, 2.75) is 84.2 Å². The summed E-state index contributed by atoms with van der Waals surface area (Å²) in [5.74, 6) is 0.0509. The van der Waals surface area contributed by atoms with Crippen molar-refractivity contribution in [3.8, 4) is 0 Å². The lowest BCUT2D eigenvalue weighted by Gasteiger charge is -2.49. The largest absolute Gasteiger partial charge is 0.402 e. The minimum absolute atomic E-state index is 0.0509. The molecular weight excluding hydrogens is 266 g/mol. The van der Waals surface area contributed by atoms with Crippen LogP contribution in [0.15, 0.2) is 11.6 Å². The predicted molar refractivity (Wildman–Crippen MR) is 87.3 cm³/mol. The first-order valence-electron chi connectivity index (χ1n) is 7.79. The fourth-order valence-electron chi connectivity index (χ4n) is 3.65. The maximum absolute atomic E-state index is 12.0. The zero-order valence-electron chi connectivity index (χ0n) is 14.3. The highest BCUT2D eigenvalue weighted by Crippen LogP contribution is 2.44. The van der Waals surface area contributed by atoms with Crippen LogP contribution in [0, 0.1) is 0 Å². The molecule has 0 saturated carbocycles. The molecule has 1 saturated heterocycles. The molecular formula is C16H31NO2Si. The first-order valence-corrected chi connectivity index (χ1v) is 9.93. The summed E-state index contributed by atoms with van der Waals surface area (Å²) >= 11 is 0. The van der Waals surface area contributed by atoms with Crippen molar-refractivity contribution in [3.05, 3.63) is 11.6 Å². The number of rotatable bonds is 6. The Hall–Kier alpha value is -0.613. The van der Waals surface area contributed by atoms with Crippen LogP contribution in [-0.2, 0) is 9.22 Å². The van der Waals surface area contributed by atoms with Crippen molar-refractivity contribution in [3.63, 3.8) is 0 Å². The van der Waals surface area contributed by atoms with Crippen molar-refractivity contribution >= 4 is 14.2 Å². The Bertz CT molecular complexity index is 366. The summed E-state index contributed by atoms with van der Waals surface area (Å²) in [4.78, 5) is 12.0. The molecule has 4 heteroatoms. The summed E-state index contributed by atoms with van der Waals surface area (Å²) in [6, 6.07) is 0.0654. The molecule has 1 heterocycles. The molecule has 1 fully saturated rings. The number of carbonyl (C=O) groups excluding carboxylic acids is 1. The van der Waals surface area contributed by atoms with Gasteiger partial charge < -0.3 is 9.74 Å². The van der Waals surface area contributed by atoms with Crippen molar-refractivity contribution in [1.82, 2.24) is 5.32 Å². The third-order valence-electron chi connectivity index (χ3n) is 4.84. The SMILES string of the molecule is CC=C(C)[C@@H]1NC(=O)[C@@H]1O[Si](C(C)C)(C(C)C)C(C)C. The first-order chi connectivity index (χ1) is 9.18. The Morgan fingerprint density at radius 2 is 1.60 bits per heavy atom. The molecule has 0 aromatic carbocycles. The molecule has 1 amide bonds. The molecule has 20 heavy (non-hydrogen) atoms.